The number of aromatic carboxylic acids is 1. The molecule has 0 amide bonds. The van der Waals surface area contributed by atoms with Gasteiger partial charge in [-0.15, -0.1) is 0 Å². The number of hydrogen-bond donors (Lipinski definition) is 1. The highest BCUT2D eigenvalue weighted by Crippen LogP contribution is 2.31. The van der Waals surface area contributed by atoms with Crippen molar-refractivity contribution in [3.63, 3.8) is 0 Å². The molecular formula is C11H11F3N2O3. The zero-order valence-corrected chi connectivity index (χ0v) is 9.78. The number of ether oxygens (including phenoxy) is 1. The van der Waals surface area contributed by atoms with Gasteiger partial charge in [0.1, 0.15) is 11.4 Å². The smallest absolute Gasteiger partial charge is 0.417 e. The van der Waals surface area contributed by atoms with E-state index in [-0.39, 0.29) is 5.82 Å². The number of nitrogens with zero attached hydrogens (tertiary/aromatic N) is 2. The molecule has 0 unspecified atom stereocenters. The highest BCUT2D eigenvalue weighted by Gasteiger charge is 2.33. The Kier molecular flexibility index (Phi) is 3.61. The second-order valence-electron chi connectivity index (χ2n) is 4.00. The largest absolute Gasteiger partial charge is 0.478 e. The number of rotatable bonds is 2. The van der Waals surface area contributed by atoms with Crippen LogP contribution in [0.5, 0.6) is 0 Å². The zero-order chi connectivity index (χ0) is 14.0. The zero-order valence-electron chi connectivity index (χ0n) is 9.78. The molecule has 1 aromatic heterocycles. The van der Waals surface area contributed by atoms with E-state index in [4.69, 9.17) is 9.84 Å². The second-order valence-corrected chi connectivity index (χ2v) is 4.00. The summed E-state index contributed by atoms with van der Waals surface area (Å²) in [7, 11) is 0. The van der Waals surface area contributed by atoms with Gasteiger partial charge in [-0.3, -0.25) is 0 Å². The number of hydrogen-bond acceptors (Lipinski definition) is 4. The van der Waals surface area contributed by atoms with Crippen LogP contribution < -0.4 is 4.90 Å². The molecular weight excluding hydrogens is 265 g/mol. The first-order valence-corrected chi connectivity index (χ1v) is 5.53. The number of morpholine rings is 1. The molecule has 0 aliphatic carbocycles. The first-order valence-electron chi connectivity index (χ1n) is 5.53. The maximum Gasteiger partial charge on any atom is 0.417 e. The standard InChI is InChI=1S/C11H11F3N2O3/c12-11(13,14)7-5-8(10(17)18)9(15-6-7)16-1-3-19-4-2-16/h5-6H,1-4H2,(H,17,18). The predicted molar refractivity (Wildman–Crippen MR) is 59.2 cm³/mol. The van der Waals surface area contributed by atoms with Crippen molar-refractivity contribution >= 4 is 11.8 Å². The fourth-order valence-corrected chi connectivity index (χ4v) is 1.80. The summed E-state index contributed by atoms with van der Waals surface area (Å²) in [5.74, 6) is -1.39. The fourth-order valence-electron chi connectivity index (χ4n) is 1.80. The third-order valence-corrected chi connectivity index (χ3v) is 2.74. The molecule has 1 aliphatic rings. The Labute approximate surface area is 106 Å². The summed E-state index contributed by atoms with van der Waals surface area (Å²) in [6, 6.07) is 0.611. The highest BCUT2D eigenvalue weighted by atomic mass is 19.4. The van der Waals surface area contributed by atoms with Crippen LogP contribution in [0.15, 0.2) is 12.3 Å². The minimum atomic E-state index is -4.61. The lowest BCUT2D eigenvalue weighted by Gasteiger charge is -2.29. The summed E-state index contributed by atoms with van der Waals surface area (Å²) < 4.78 is 42.7. The Morgan fingerprint density at radius 3 is 2.53 bits per heavy atom. The number of anilines is 1. The van der Waals surface area contributed by atoms with Crippen LogP contribution in [-0.4, -0.2) is 42.4 Å². The van der Waals surface area contributed by atoms with Gasteiger partial charge < -0.3 is 14.7 Å². The maximum atomic E-state index is 12.5. The summed E-state index contributed by atoms with van der Waals surface area (Å²) in [4.78, 5) is 16.3. The summed E-state index contributed by atoms with van der Waals surface area (Å²) in [5.41, 5.74) is -1.52. The Bertz CT molecular complexity index is 485. The monoisotopic (exact) mass is 276 g/mol. The lowest BCUT2D eigenvalue weighted by Crippen LogP contribution is -2.37. The van der Waals surface area contributed by atoms with Crippen molar-refractivity contribution in [2.24, 2.45) is 0 Å². The van der Waals surface area contributed by atoms with Crippen LogP contribution in [0.3, 0.4) is 0 Å². The van der Waals surface area contributed by atoms with Crippen LogP contribution in [0.1, 0.15) is 15.9 Å². The van der Waals surface area contributed by atoms with Crippen molar-refractivity contribution in [3.8, 4) is 0 Å². The molecule has 8 heteroatoms. The van der Waals surface area contributed by atoms with E-state index < -0.39 is 23.3 Å². The van der Waals surface area contributed by atoms with Crippen LogP contribution >= 0.6 is 0 Å². The molecule has 2 heterocycles. The molecule has 1 saturated heterocycles. The van der Waals surface area contributed by atoms with Gasteiger partial charge in [0.25, 0.3) is 0 Å². The average Bonchev–Trinajstić information content (AvgIpc) is 2.38. The number of carbonyl (C=O) groups is 1. The molecule has 104 valence electrons. The molecule has 0 bridgehead atoms. The predicted octanol–water partition coefficient (Wildman–Crippen LogP) is 1.64. The van der Waals surface area contributed by atoms with E-state index in [2.05, 4.69) is 4.98 Å². The highest BCUT2D eigenvalue weighted by molar-refractivity contribution is 5.93. The van der Waals surface area contributed by atoms with E-state index >= 15 is 0 Å². The number of carboxylic acids is 1. The van der Waals surface area contributed by atoms with Gasteiger partial charge >= 0.3 is 12.1 Å². The molecule has 1 aliphatic heterocycles. The van der Waals surface area contributed by atoms with Crippen molar-refractivity contribution < 1.29 is 27.8 Å². The quantitative estimate of drug-likeness (QED) is 0.889. The summed E-state index contributed by atoms with van der Waals surface area (Å²) in [5, 5.41) is 9.02. The van der Waals surface area contributed by atoms with Crippen molar-refractivity contribution in [3.05, 3.63) is 23.4 Å². The third-order valence-electron chi connectivity index (χ3n) is 2.74. The number of halogens is 3. The van der Waals surface area contributed by atoms with E-state index in [1.54, 1.807) is 4.90 Å². The summed E-state index contributed by atoms with van der Waals surface area (Å²) >= 11 is 0. The van der Waals surface area contributed by atoms with Crippen LogP contribution in [0.2, 0.25) is 0 Å². The summed E-state index contributed by atoms with van der Waals surface area (Å²) in [6.07, 6.45) is -3.96. The van der Waals surface area contributed by atoms with Crippen molar-refractivity contribution in [1.29, 1.82) is 0 Å². The first kappa shape index (κ1) is 13.6. The second kappa shape index (κ2) is 5.04. The van der Waals surface area contributed by atoms with Gasteiger partial charge in [0, 0.05) is 19.3 Å². The van der Waals surface area contributed by atoms with Crippen LogP contribution in [0.25, 0.3) is 0 Å². The van der Waals surface area contributed by atoms with Gasteiger partial charge in [0.05, 0.1) is 18.8 Å². The van der Waals surface area contributed by atoms with Gasteiger partial charge in [-0.1, -0.05) is 0 Å². The van der Waals surface area contributed by atoms with Crippen molar-refractivity contribution in [2.45, 2.75) is 6.18 Å². The molecule has 0 spiro atoms. The van der Waals surface area contributed by atoms with Crippen molar-refractivity contribution in [1.82, 2.24) is 4.98 Å². The minimum Gasteiger partial charge on any atom is -0.478 e. The molecule has 0 atom stereocenters. The molecule has 1 fully saturated rings. The molecule has 2 rings (SSSR count). The molecule has 0 saturated carbocycles. The average molecular weight is 276 g/mol. The van der Waals surface area contributed by atoms with Crippen molar-refractivity contribution in [2.75, 3.05) is 31.2 Å². The Morgan fingerprint density at radius 2 is 2.00 bits per heavy atom. The molecule has 1 aromatic rings. The number of carboxylic acid groups (broad SMARTS) is 1. The molecule has 1 N–H and O–H groups in total. The molecule has 19 heavy (non-hydrogen) atoms. The van der Waals surface area contributed by atoms with E-state index in [1.165, 1.54) is 0 Å². The normalized spacial score (nSPS) is 16.5. The van der Waals surface area contributed by atoms with Crippen LogP contribution in [0, 0.1) is 0 Å². The van der Waals surface area contributed by atoms with Crippen LogP contribution in [-0.2, 0) is 10.9 Å². The Hall–Kier alpha value is -1.83. The molecule has 0 radical (unpaired) electrons. The van der Waals surface area contributed by atoms with Crippen LogP contribution in [0.4, 0.5) is 19.0 Å². The van der Waals surface area contributed by atoms with Gasteiger partial charge in [0.2, 0.25) is 0 Å². The van der Waals surface area contributed by atoms with E-state index in [0.717, 1.165) is 0 Å². The van der Waals surface area contributed by atoms with Gasteiger partial charge in [-0.2, -0.15) is 13.2 Å². The first-order chi connectivity index (χ1) is 8.89. The Balaban J connectivity index is 2.40. The number of pyridine rings is 1. The van der Waals surface area contributed by atoms with E-state index in [0.29, 0.717) is 38.6 Å². The lowest BCUT2D eigenvalue weighted by atomic mass is 10.1. The van der Waals surface area contributed by atoms with E-state index in [1.807, 2.05) is 0 Å². The maximum absolute atomic E-state index is 12.5. The van der Waals surface area contributed by atoms with Gasteiger partial charge in [0.15, 0.2) is 0 Å². The van der Waals surface area contributed by atoms with E-state index in [9.17, 15) is 18.0 Å². The van der Waals surface area contributed by atoms with Gasteiger partial charge in [-0.05, 0) is 6.07 Å². The van der Waals surface area contributed by atoms with Gasteiger partial charge in [-0.25, -0.2) is 9.78 Å². The number of alkyl halides is 3. The third kappa shape index (κ3) is 2.95. The number of aromatic nitrogens is 1. The lowest BCUT2D eigenvalue weighted by molar-refractivity contribution is -0.137. The topological polar surface area (TPSA) is 62.7 Å². The minimum absolute atomic E-state index is 0.0452. The summed E-state index contributed by atoms with van der Waals surface area (Å²) in [6.45, 7) is 1.58. The molecule has 0 aromatic carbocycles. The SMILES string of the molecule is O=C(O)c1cc(C(F)(F)F)cnc1N1CCOCC1. The Morgan fingerprint density at radius 1 is 1.37 bits per heavy atom. The fraction of sp³-hybridized carbons (Fsp3) is 0.455. The molecule has 5 nitrogen and oxygen atoms in total.